The molecule has 0 saturated carbocycles. The van der Waals surface area contributed by atoms with Crippen LogP contribution >= 0.6 is 15.9 Å². The van der Waals surface area contributed by atoms with Crippen molar-refractivity contribution in [3.05, 3.63) is 52.3 Å². The number of imidazole rings is 1. The molecular formula is C26H31BrF2N6O3. The van der Waals surface area contributed by atoms with E-state index in [0.29, 0.717) is 16.0 Å². The SMILES string of the molecule is CC(C)N1CCC(C(=O)NCCONC(=O)c2cc3c(ncn3C)c(F)c2Nc2ccc(Br)cc2F)CC1. The summed E-state index contributed by atoms with van der Waals surface area (Å²) in [6.45, 7) is 6.29. The summed E-state index contributed by atoms with van der Waals surface area (Å²) in [5.74, 6) is -2.24. The molecule has 0 unspecified atom stereocenters. The molecule has 0 bridgehead atoms. The number of hydrogen-bond donors (Lipinski definition) is 3. The van der Waals surface area contributed by atoms with Crippen LogP contribution in [0.3, 0.4) is 0 Å². The molecule has 0 radical (unpaired) electrons. The van der Waals surface area contributed by atoms with Crippen LogP contribution in [-0.4, -0.2) is 58.5 Å². The van der Waals surface area contributed by atoms with Crippen molar-refractivity contribution in [1.82, 2.24) is 25.2 Å². The quantitative estimate of drug-likeness (QED) is 0.254. The van der Waals surface area contributed by atoms with Crippen molar-refractivity contribution in [2.24, 2.45) is 13.0 Å². The van der Waals surface area contributed by atoms with Crippen LogP contribution in [-0.2, 0) is 16.7 Å². The highest BCUT2D eigenvalue weighted by Gasteiger charge is 2.26. The summed E-state index contributed by atoms with van der Waals surface area (Å²) in [7, 11) is 1.67. The van der Waals surface area contributed by atoms with Crippen LogP contribution in [0.1, 0.15) is 37.0 Å². The van der Waals surface area contributed by atoms with Crippen molar-refractivity contribution in [3.63, 3.8) is 0 Å². The number of hydroxylamine groups is 1. The van der Waals surface area contributed by atoms with Gasteiger partial charge in [-0.2, -0.15) is 0 Å². The first kappa shape index (κ1) is 27.9. The zero-order valence-corrected chi connectivity index (χ0v) is 23.1. The minimum absolute atomic E-state index is 0.0145. The topological polar surface area (TPSA) is 101 Å². The Morgan fingerprint density at radius 3 is 2.63 bits per heavy atom. The molecule has 12 heteroatoms. The Kier molecular flexibility index (Phi) is 8.95. The molecule has 0 aliphatic carbocycles. The molecule has 3 N–H and O–H groups in total. The Hall–Kier alpha value is -3.09. The zero-order valence-electron chi connectivity index (χ0n) is 21.5. The predicted molar refractivity (Wildman–Crippen MR) is 144 cm³/mol. The van der Waals surface area contributed by atoms with E-state index in [0.717, 1.165) is 25.9 Å². The predicted octanol–water partition coefficient (Wildman–Crippen LogP) is 4.26. The fraction of sp³-hybridized carbons (Fsp3) is 0.423. The van der Waals surface area contributed by atoms with E-state index in [4.69, 9.17) is 4.84 Å². The highest BCUT2D eigenvalue weighted by molar-refractivity contribution is 9.10. The van der Waals surface area contributed by atoms with Crippen LogP contribution < -0.4 is 16.1 Å². The number of likely N-dealkylation sites (tertiary alicyclic amines) is 1. The molecule has 2 aromatic carbocycles. The minimum Gasteiger partial charge on any atom is -0.353 e. The molecule has 1 saturated heterocycles. The molecule has 204 valence electrons. The van der Waals surface area contributed by atoms with Gasteiger partial charge in [0.2, 0.25) is 5.91 Å². The Bertz CT molecular complexity index is 1320. The van der Waals surface area contributed by atoms with E-state index in [1.165, 1.54) is 24.5 Å². The van der Waals surface area contributed by atoms with E-state index in [1.807, 2.05) is 0 Å². The number of fused-ring (bicyclic) bond motifs is 1. The highest BCUT2D eigenvalue weighted by Crippen LogP contribution is 2.32. The Balaban J connectivity index is 1.38. The highest BCUT2D eigenvalue weighted by atomic mass is 79.9. The van der Waals surface area contributed by atoms with Gasteiger partial charge in [0.15, 0.2) is 5.82 Å². The van der Waals surface area contributed by atoms with Crippen LogP contribution in [0.5, 0.6) is 0 Å². The lowest BCUT2D eigenvalue weighted by molar-refractivity contribution is -0.126. The van der Waals surface area contributed by atoms with E-state index in [9.17, 15) is 14.0 Å². The van der Waals surface area contributed by atoms with Gasteiger partial charge in [-0.25, -0.2) is 19.2 Å². The van der Waals surface area contributed by atoms with Crippen molar-refractivity contribution in [1.29, 1.82) is 0 Å². The number of anilines is 2. The maximum atomic E-state index is 15.4. The Morgan fingerprint density at radius 2 is 1.95 bits per heavy atom. The van der Waals surface area contributed by atoms with E-state index in [-0.39, 0.29) is 47.4 Å². The molecule has 0 atom stereocenters. The normalized spacial score (nSPS) is 14.7. The number of piperidine rings is 1. The summed E-state index contributed by atoms with van der Waals surface area (Å²) in [6, 6.07) is 6.16. The lowest BCUT2D eigenvalue weighted by atomic mass is 9.95. The summed E-state index contributed by atoms with van der Waals surface area (Å²) in [4.78, 5) is 37.1. The molecule has 0 spiro atoms. The second-order valence-electron chi connectivity index (χ2n) is 9.56. The first-order chi connectivity index (χ1) is 18.2. The largest absolute Gasteiger partial charge is 0.353 e. The third kappa shape index (κ3) is 6.30. The van der Waals surface area contributed by atoms with Crippen LogP contribution in [0.25, 0.3) is 11.0 Å². The van der Waals surface area contributed by atoms with Gasteiger partial charge in [-0.05, 0) is 64.0 Å². The van der Waals surface area contributed by atoms with E-state index < -0.39 is 17.5 Å². The first-order valence-corrected chi connectivity index (χ1v) is 13.2. The van der Waals surface area contributed by atoms with E-state index in [1.54, 1.807) is 17.7 Å². The lowest BCUT2D eigenvalue weighted by Crippen LogP contribution is -2.43. The zero-order chi connectivity index (χ0) is 27.4. The third-order valence-electron chi connectivity index (χ3n) is 6.69. The van der Waals surface area contributed by atoms with Crippen molar-refractivity contribution >= 4 is 50.2 Å². The molecule has 38 heavy (non-hydrogen) atoms. The van der Waals surface area contributed by atoms with Gasteiger partial charge in [0.1, 0.15) is 11.3 Å². The molecule has 1 fully saturated rings. The van der Waals surface area contributed by atoms with Crippen LogP contribution in [0.2, 0.25) is 0 Å². The van der Waals surface area contributed by atoms with Crippen molar-refractivity contribution in [3.8, 4) is 0 Å². The third-order valence-corrected chi connectivity index (χ3v) is 7.19. The van der Waals surface area contributed by atoms with Gasteiger partial charge in [-0.15, -0.1) is 0 Å². The molecule has 9 nitrogen and oxygen atoms in total. The summed E-state index contributed by atoms with van der Waals surface area (Å²) in [5.41, 5.74) is 2.36. The fourth-order valence-electron chi connectivity index (χ4n) is 4.47. The molecule has 1 aromatic heterocycles. The fourth-order valence-corrected chi connectivity index (χ4v) is 4.80. The van der Waals surface area contributed by atoms with E-state index >= 15 is 4.39 Å². The summed E-state index contributed by atoms with van der Waals surface area (Å²) in [6.07, 6.45) is 3.03. The van der Waals surface area contributed by atoms with E-state index in [2.05, 4.69) is 55.8 Å². The molecular weight excluding hydrogens is 562 g/mol. The average Bonchev–Trinajstić information content (AvgIpc) is 3.27. The number of nitrogens with one attached hydrogen (secondary N) is 3. The number of amides is 2. The molecule has 2 amide bonds. The van der Waals surface area contributed by atoms with Gasteiger partial charge in [0.25, 0.3) is 5.91 Å². The second kappa shape index (κ2) is 12.2. The van der Waals surface area contributed by atoms with Crippen LogP contribution in [0, 0.1) is 17.6 Å². The van der Waals surface area contributed by atoms with Crippen molar-refractivity contribution in [2.75, 3.05) is 31.6 Å². The Morgan fingerprint density at radius 1 is 1.21 bits per heavy atom. The van der Waals surface area contributed by atoms with Gasteiger partial charge in [0.05, 0.1) is 35.4 Å². The molecule has 1 aliphatic heterocycles. The number of carbonyl (C=O) groups is 2. The van der Waals surface area contributed by atoms with Gasteiger partial charge in [0, 0.05) is 30.0 Å². The number of halogens is 3. The standard InChI is InChI=1S/C26H31BrF2N6O3/c1-15(2)35-9-6-16(7-10-35)25(36)30-8-11-38-33-26(37)18-13-21-24(31-14-34(21)3)22(29)23(18)32-20-5-4-17(27)12-19(20)28/h4-5,12-16,32H,6-11H2,1-3H3,(H,30,36)(H,33,37). The van der Waals surface area contributed by atoms with Crippen LogP contribution in [0.15, 0.2) is 35.1 Å². The molecule has 4 rings (SSSR count). The van der Waals surface area contributed by atoms with Crippen LogP contribution in [0.4, 0.5) is 20.2 Å². The summed E-state index contributed by atoms with van der Waals surface area (Å²) >= 11 is 3.19. The van der Waals surface area contributed by atoms with Crippen molar-refractivity contribution in [2.45, 2.75) is 32.7 Å². The number of aromatic nitrogens is 2. The van der Waals surface area contributed by atoms with Gasteiger partial charge in [-0.1, -0.05) is 15.9 Å². The molecule has 2 heterocycles. The smallest absolute Gasteiger partial charge is 0.277 e. The number of hydrogen-bond acceptors (Lipinski definition) is 6. The monoisotopic (exact) mass is 592 g/mol. The van der Waals surface area contributed by atoms with Gasteiger partial charge in [-0.3, -0.25) is 14.4 Å². The Labute approximate surface area is 228 Å². The number of benzene rings is 2. The maximum Gasteiger partial charge on any atom is 0.277 e. The van der Waals surface area contributed by atoms with Gasteiger partial charge < -0.3 is 20.1 Å². The number of rotatable bonds is 9. The lowest BCUT2D eigenvalue weighted by Gasteiger charge is -2.33. The second-order valence-corrected chi connectivity index (χ2v) is 10.5. The summed E-state index contributed by atoms with van der Waals surface area (Å²) in [5, 5.41) is 5.52. The number of carbonyl (C=O) groups excluding carboxylic acids is 2. The van der Waals surface area contributed by atoms with Gasteiger partial charge >= 0.3 is 0 Å². The number of aryl methyl sites for hydroxylation is 1. The minimum atomic E-state index is -0.800. The molecule has 1 aliphatic rings. The molecule has 3 aromatic rings. The summed E-state index contributed by atoms with van der Waals surface area (Å²) < 4.78 is 32.0. The number of nitrogens with zero attached hydrogens (tertiary/aromatic N) is 3. The first-order valence-electron chi connectivity index (χ1n) is 12.4. The maximum absolute atomic E-state index is 15.4. The van der Waals surface area contributed by atoms with Crippen molar-refractivity contribution < 1.29 is 23.2 Å². The average molecular weight is 593 g/mol.